The zero-order valence-corrected chi connectivity index (χ0v) is 11.7. The maximum atomic E-state index is 11.0. The van der Waals surface area contributed by atoms with Gasteiger partial charge in [-0.1, -0.05) is 20.8 Å². The molecule has 0 radical (unpaired) electrons. The van der Waals surface area contributed by atoms with Crippen LogP contribution in [0.2, 0.25) is 0 Å². The van der Waals surface area contributed by atoms with E-state index >= 15 is 0 Å². The number of carbonyl (C=O) groups is 1. The quantitative estimate of drug-likeness (QED) is 0.704. The summed E-state index contributed by atoms with van der Waals surface area (Å²) in [6, 6.07) is 2.97. The van der Waals surface area contributed by atoms with Crippen molar-refractivity contribution in [3.63, 3.8) is 0 Å². The Hall–Kier alpha value is -1.62. The van der Waals surface area contributed by atoms with Gasteiger partial charge in [0.2, 0.25) is 0 Å². The molecule has 1 aromatic heterocycles. The van der Waals surface area contributed by atoms with Crippen molar-refractivity contribution in [3.05, 3.63) is 23.4 Å². The predicted molar refractivity (Wildman–Crippen MR) is 74.5 cm³/mol. The van der Waals surface area contributed by atoms with Crippen LogP contribution in [-0.4, -0.2) is 33.8 Å². The molecule has 0 aliphatic heterocycles. The van der Waals surface area contributed by atoms with E-state index < -0.39 is 5.97 Å². The molecule has 0 spiro atoms. The van der Waals surface area contributed by atoms with Crippen LogP contribution < -0.4 is 5.32 Å². The van der Waals surface area contributed by atoms with Crippen LogP contribution >= 0.6 is 0 Å². The van der Waals surface area contributed by atoms with E-state index in [0.717, 1.165) is 12.1 Å². The van der Waals surface area contributed by atoms with Crippen molar-refractivity contribution >= 4 is 11.8 Å². The van der Waals surface area contributed by atoms with Gasteiger partial charge in [-0.2, -0.15) is 0 Å². The Labute approximate surface area is 113 Å². The minimum absolute atomic E-state index is 0.00137. The maximum Gasteiger partial charge on any atom is 0.335 e. The number of aromatic nitrogens is 1. The molecule has 0 fully saturated rings. The summed E-state index contributed by atoms with van der Waals surface area (Å²) in [5.74, 6) is -0.0149. The number of rotatable bonds is 7. The lowest BCUT2D eigenvalue weighted by atomic mass is 10.0. The molecule has 1 rings (SSSR count). The number of carboxylic acid groups (broad SMARTS) is 1. The van der Waals surface area contributed by atoms with Crippen LogP contribution in [0, 0.1) is 5.92 Å². The molecule has 3 N–H and O–H groups in total. The zero-order valence-electron chi connectivity index (χ0n) is 11.7. The number of carboxylic acids is 1. The Morgan fingerprint density at radius 2 is 2.11 bits per heavy atom. The second-order valence-electron chi connectivity index (χ2n) is 5.04. The van der Waals surface area contributed by atoms with Crippen molar-refractivity contribution in [1.29, 1.82) is 0 Å². The van der Waals surface area contributed by atoms with E-state index in [-0.39, 0.29) is 18.2 Å². The van der Waals surface area contributed by atoms with Gasteiger partial charge in [-0.05, 0) is 30.9 Å². The van der Waals surface area contributed by atoms with Crippen molar-refractivity contribution in [3.8, 4) is 0 Å². The van der Waals surface area contributed by atoms with Crippen LogP contribution in [0.25, 0.3) is 0 Å². The lowest BCUT2D eigenvalue weighted by Crippen LogP contribution is -2.26. The number of aliphatic hydroxyl groups is 1. The summed E-state index contributed by atoms with van der Waals surface area (Å²) in [5, 5.41) is 21.5. The number of anilines is 1. The van der Waals surface area contributed by atoms with E-state index in [1.807, 2.05) is 6.92 Å². The van der Waals surface area contributed by atoms with E-state index in [1.165, 1.54) is 6.07 Å². The van der Waals surface area contributed by atoms with Crippen LogP contribution in [0.5, 0.6) is 0 Å². The molecule has 0 aliphatic carbocycles. The van der Waals surface area contributed by atoms with Crippen LogP contribution in [0.1, 0.15) is 43.2 Å². The monoisotopic (exact) mass is 266 g/mol. The van der Waals surface area contributed by atoms with Crippen molar-refractivity contribution in [2.75, 3.05) is 11.9 Å². The lowest BCUT2D eigenvalue weighted by Gasteiger charge is -2.19. The first kappa shape index (κ1) is 15.4. The number of aromatic carboxylic acids is 1. The average Bonchev–Trinajstić information content (AvgIpc) is 2.36. The Morgan fingerprint density at radius 1 is 1.42 bits per heavy atom. The fourth-order valence-corrected chi connectivity index (χ4v) is 1.92. The summed E-state index contributed by atoms with van der Waals surface area (Å²) < 4.78 is 0. The summed E-state index contributed by atoms with van der Waals surface area (Å²) in [6.45, 7) is 6.07. The summed E-state index contributed by atoms with van der Waals surface area (Å²) in [7, 11) is 0. The Bertz CT molecular complexity index is 433. The molecule has 5 nitrogen and oxygen atoms in total. The maximum absolute atomic E-state index is 11.0. The van der Waals surface area contributed by atoms with Gasteiger partial charge in [0, 0.05) is 5.69 Å². The van der Waals surface area contributed by atoms with Crippen LogP contribution in [0.15, 0.2) is 12.1 Å². The third-order valence-electron chi connectivity index (χ3n) is 2.82. The number of aryl methyl sites for hydroxylation is 1. The molecule has 19 heavy (non-hydrogen) atoms. The first-order valence-electron chi connectivity index (χ1n) is 6.57. The van der Waals surface area contributed by atoms with E-state index in [4.69, 9.17) is 5.11 Å². The molecular weight excluding hydrogens is 244 g/mol. The van der Waals surface area contributed by atoms with Crippen molar-refractivity contribution in [1.82, 2.24) is 4.98 Å². The van der Waals surface area contributed by atoms with Gasteiger partial charge >= 0.3 is 5.97 Å². The van der Waals surface area contributed by atoms with E-state index in [1.54, 1.807) is 6.07 Å². The van der Waals surface area contributed by atoms with Gasteiger partial charge in [0.15, 0.2) is 0 Å². The first-order chi connectivity index (χ1) is 8.96. The topological polar surface area (TPSA) is 82.5 Å². The Morgan fingerprint density at radius 3 is 2.58 bits per heavy atom. The van der Waals surface area contributed by atoms with Crippen LogP contribution in [0.3, 0.4) is 0 Å². The van der Waals surface area contributed by atoms with E-state index in [0.29, 0.717) is 18.2 Å². The molecule has 0 amide bonds. The normalized spacial score (nSPS) is 12.5. The molecule has 0 aromatic carbocycles. The summed E-state index contributed by atoms with van der Waals surface area (Å²) in [5.41, 5.74) is 0.944. The highest BCUT2D eigenvalue weighted by Crippen LogP contribution is 2.15. The van der Waals surface area contributed by atoms with Crippen LogP contribution in [0.4, 0.5) is 5.82 Å². The molecule has 5 heteroatoms. The number of hydrogen-bond donors (Lipinski definition) is 3. The number of aliphatic hydroxyl groups excluding tert-OH is 1. The molecule has 1 heterocycles. The predicted octanol–water partition coefficient (Wildman–Crippen LogP) is 2.16. The molecule has 0 aliphatic rings. The van der Waals surface area contributed by atoms with Gasteiger partial charge in [-0.3, -0.25) is 0 Å². The van der Waals surface area contributed by atoms with Gasteiger partial charge in [0.05, 0.1) is 18.2 Å². The standard InChI is InChI=1S/C14H22N2O3/c1-4-11-6-10(14(18)19)7-13(15-11)16-12(8-17)5-9(2)3/h6-7,9,12,17H,4-5,8H2,1-3H3,(H,15,16)(H,18,19). The highest BCUT2D eigenvalue weighted by molar-refractivity contribution is 5.88. The fourth-order valence-electron chi connectivity index (χ4n) is 1.92. The summed E-state index contributed by atoms with van der Waals surface area (Å²) >= 11 is 0. The van der Waals surface area contributed by atoms with E-state index in [2.05, 4.69) is 24.1 Å². The summed E-state index contributed by atoms with van der Waals surface area (Å²) in [6.07, 6.45) is 1.47. The average molecular weight is 266 g/mol. The van der Waals surface area contributed by atoms with Crippen molar-refractivity contribution < 1.29 is 15.0 Å². The third-order valence-corrected chi connectivity index (χ3v) is 2.82. The van der Waals surface area contributed by atoms with E-state index in [9.17, 15) is 9.90 Å². The minimum Gasteiger partial charge on any atom is -0.478 e. The number of pyridine rings is 1. The molecule has 106 valence electrons. The summed E-state index contributed by atoms with van der Waals surface area (Å²) in [4.78, 5) is 15.4. The molecular formula is C14H22N2O3. The number of nitrogens with zero attached hydrogens (tertiary/aromatic N) is 1. The molecule has 0 bridgehead atoms. The van der Waals surface area contributed by atoms with Gasteiger partial charge in [-0.15, -0.1) is 0 Å². The van der Waals surface area contributed by atoms with Gasteiger partial charge in [0.1, 0.15) is 5.82 Å². The highest BCUT2D eigenvalue weighted by Gasteiger charge is 2.13. The van der Waals surface area contributed by atoms with Crippen molar-refractivity contribution in [2.24, 2.45) is 5.92 Å². The Kier molecular flexibility index (Phi) is 5.76. The van der Waals surface area contributed by atoms with Gasteiger partial charge < -0.3 is 15.5 Å². The number of nitrogens with one attached hydrogen (secondary N) is 1. The molecule has 0 saturated carbocycles. The largest absolute Gasteiger partial charge is 0.478 e. The molecule has 1 atom stereocenters. The van der Waals surface area contributed by atoms with Crippen molar-refractivity contribution in [2.45, 2.75) is 39.7 Å². The lowest BCUT2D eigenvalue weighted by molar-refractivity contribution is 0.0696. The molecule has 1 unspecified atom stereocenters. The third kappa shape index (κ3) is 4.87. The second-order valence-corrected chi connectivity index (χ2v) is 5.04. The highest BCUT2D eigenvalue weighted by atomic mass is 16.4. The second kappa shape index (κ2) is 7.09. The van der Waals surface area contributed by atoms with Gasteiger partial charge in [0.25, 0.3) is 0 Å². The van der Waals surface area contributed by atoms with Crippen LogP contribution in [-0.2, 0) is 6.42 Å². The minimum atomic E-state index is -0.968. The number of hydrogen-bond acceptors (Lipinski definition) is 4. The SMILES string of the molecule is CCc1cc(C(=O)O)cc(NC(CO)CC(C)C)n1. The zero-order chi connectivity index (χ0) is 14.4. The first-order valence-corrected chi connectivity index (χ1v) is 6.57. The fraction of sp³-hybridized carbons (Fsp3) is 0.571. The van der Waals surface area contributed by atoms with Gasteiger partial charge in [-0.25, -0.2) is 9.78 Å². The molecule has 0 saturated heterocycles. The Balaban J connectivity index is 2.92. The smallest absolute Gasteiger partial charge is 0.335 e. The molecule has 1 aromatic rings.